The fourth-order valence-corrected chi connectivity index (χ4v) is 2.26. The lowest BCUT2D eigenvalue weighted by molar-refractivity contribution is -0.141. The monoisotopic (exact) mass is 365 g/mol. The summed E-state index contributed by atoms with van der Waals surface area (Å²) in [7, 11) is 1.27. The second-order valence-electron chi connectivity index (χ2n) is 5.17. The molecule has 0 unspecified atom stereocenters. The number of benzene rings is 2. The molecule has 1 amide bonds. The Kier molecular flexibility index (Phi) is 6.77. The van der Waals surface area contributed by atoms with E-state index in [4.69, 9.17) is 16.3 Å². The number of amides is 1. The molecule has 0 aliphatic rings. The zero-order chi connectivity index (χ0) is 18.2. The Labute approximate surface area is 149 Å². The number of hydrogen-bond acceptors (Lipinski definition) is 4. The third kappa shape index (κ3) is 5.76. The largest absolute Gasteiger partial charge is 0.481 e. The summed E-state index contributed by atoms with van der Waals surface area (Å²) in [4.78, 5) is 23.7. The number of ether oxygens (including phenoxy) is 2. The maximum Gasteiger partial charge on any atom is 0.307 e. The highest BCUT2D eigenvalue weighted by atomic mass is 35.5. The van der Waals surface area contributed by atoms with Gasteiger partial charge in [0.2, 0.25) is 0 Å². The lowest BCUT2D eigenvalue weighted by Crippen LogP contribution is -2.34. The van der Waals surface area contributed by atoms with Crippen LogP contribution in [0.5, 0.6) is 5.75 Å². The minimum Gasteiger partial charge on any atom is -0.481 e. The van der Waals surface area contributed by atoms with Crippen molar-refractivity contribution in [2.24, 2.45) is 0 Å². The maximum absolute atomic E-state index is 13.5. The van der Waals surface area contributed by atoms with Crippen molar-refractivity contribution in [3.63, 3.8) is 0 Å². The SMILES string of the molecule is COC(=O)C[C@H](NC(=O)COc1ccccc1F)c1ccc(Cl)cc1. The molecular formula is C18H17ClFNO4. The van der Waals surface area contributed by atoms with Crippen molar-refractivity contribution in [2.45, 2.75) is 12.5 Å². The van der Waals surface area contributed by atoms with Gasteiger partial charge in [-0.1, -0.05) is 35.9 Å². The smallest absolute Gasteiger partial charge is 0.307 e. The van der Waals surface area contributed by atoms with Crippen molar-refractivity contribution >= 4 is 23.5 Å². The third-order valence-corrected chi connectivity index (χ3v) is 3.65. The van der Waals surface area contributed by atoms with E-state index in [1.807, 2.05) is 0 Å². The number of carbonyl (C=O) groups excluding carboxylic acids is 2. The molecule has 25 heavy (non-hydrogen) atoms. The molecule has 0 spiro atoms. The second-order valence-corrected chi connectivity index (χ2v) is 5.61. The number of methoxy groups -OCH3 is 1. The third-order valence-electron chi connectivity index (χ3n) is 3.40. The van der Waals surface area contributed by atoms with E-state index in [0.29, 0.717) is 10.6 Å². The molecule has 0 saturated carbocycles. The molecule has 0 heterocycles. The fourth-order valence-electron chi connectivity index (χ4n) is 2.14. The molecule has 5 nitrogen and oxygen atoms in total. The summed E-state index contributed by atoms with van der Waals surface area (Å²) in [6.45, 7) is -0.383. The summed E-state index contributed by atoms with van der Waals surface area (Å²) in [6, 6.07) is 11.9. The quantitative estimate of drug-likeness (QED) is 0.765. The summed E-state index contributed by atoms with van der Waals surface area (Å²) in [5, 5.41) is 3.21. The molecule has 0 aliphatic carbocycles. The van der Waals surface area contributed by atoms with E-state index in [0.717, 1.165) is 0 Å². The Morgan fingerprint density at radius 2 is 1.84 bits per heavy atom. The van der Waals surface area contributed by atoms with Crippen LogP contribution in [0.4, 0.5) is 4.39 Å². The fraction of sp³-hybridized carbons (Fsp3) is 0.222. The van der Waals surface area contributed by atoms with Gasteiger partial charge in [0.1, 0.15) is 0 Å². The average Bonchev–Trinajstić information content (AvgIpc) is 2.61. The Balaban J connectivity index is 2.02. The number of halogens is 2. The minimum absolute atomic E-state index is 0.0198. The number of rotatable bonds is 7. The Bertz CT molecular complexity index is 736. The maximum atomic E-state index is 13.5. The lowest BCUT2D eigenvalue weighted by atomic mass is 10.0. The van der Waals surface area contributed by atoms with Gasteiger partial charge in [0, 0.05) is 5.02 Å². The molecule has 0 saturated heterocycles. The number of carbonyl (C=O) groups is 2. The van der Waals surface area contributed by atoms with Crippen LogP contribution in [-0.2, 0) is 14.3 Å². The van der Waals surface area contributed by atoms with Gasteiger partial charge in [-0.2, -0.15) is 0 Å². The van der Waals surface area contributed by atoms with Gasteiger partial charge in [-0.15, -0.1) is 0 Å². The van der Waals surface area contributed by atoms with E-state index in [-0.39, 0.29) is 18.8 Å². The van der Waals surface area contributed by atoms with Gasteiger partial charge in [0.05, 0.1) is 19.6 Å². The van der Waals surface area contributed by atoms with Gasteiger partial charge in [0.25, 0.3) is 5.91 Å². The topological polar surface area (TPSA) is 64.6 Å². The molecule has 0 aromatic heterocycles. The van der Waals surface area contributed by atoms with Gasteiger partial charge in [-0.05, 0) is 29.8 Å². The van der Waals surface area contributed by atoms with Crippen LogP contribution < -0.4 is 10.1 Å². The van der Waals surface area contributed by atoms with Crippen molar-refractivity contribution in [1.29, 1.82) is 0 Å². The highest BCUT2D eigenvalue weighted by Crippen LogP contribution is 2.20. The van der Waals surface area contributed by atoms with Crippen LogP contribution in [0.2, 0.25) is 5.02 Å². The molecule has 0 radical (unpaired) electrons. The second kappa shape index (κ2) is 9.03. The van der Waals surface area contributed by atoms with Crippen LogP contribution in [0.1, 0.15) is 18.0 Å². The molecule has 0 bridgehead atoms. The zero-order valence-corrected chi connectivity index (χ0v) is 14.3. The molecular weight excluding hydrogens is 349 g/mol. The standard InChI is InChI=1S/C18H17ClFNO4/c1-24-18(23)10-15(12-6-8-13(19)9-7-12)21-17(22)11-25-16-5-3-2-4-14(16)20/h2-9,15H,10-11H2,1H3,(H,21,22)/t15-/m0/s1. The van der Waals surface area contributed by atoms with E-state index >= 15 is 0 Å². The molecule has 2 aromatic rings. The summed E-state index contributed by atoms with van der Waals surface area (Å²) in [5.41, 5.74) is 0.689. The summed E-state index contributed by atoms with van der Waals surface area (Å²) in [5.74, 6) is -1.55. The molecule has 2 aromatic carbocycles. The Hall–Kier alpha value is -2.60. The summed E-state index contributed by atoms with van der Waals surface area (Å²) >= 11 is 5.85. The van der Waals surface area contributed by atoms with Crippen LogP contribution in [0, 0.1) is 5.82 Å². The first-order valence-corrected chi connectivity index (χ1v) is 7.86. The highest BCUT2D eigenvalue weighted by molar-refractivity contribution is 6.30. The van der Waals surface area contributed by atoms with E-state index in [1.54, 1.807) is 30.3 Å². The van der Waals surface area contributed by atoms with Crippen molar-refractivity contribution < 1.29 is 23.5 Å². The van der Waals surface area contributed by atoms with Gasteiger partial charge in [-0.3, -0.25) is 9.59 Å². The zero-order valence-electron chi connectivity index (χ0n) is 13.5. The van der Waals surface area contributed by atoms with Crippen LogP contribution in [0.3, 0.4) is 0 Å². The van der Waals surface area contributed by atoms with Gasteiger partial charge < -0.3 is 14.8 Å². The number of esters is 1. The van der Waals surface area contributed by atoms with E-state index < -0.39 is 23.7 Å². The van der Waals surface area contributed by atoms with Crippen LogP contribution in [0.15, 0.2) is 48.5 Å². The average molecular weight is 366 g/mol. The first kappa shape index (κ1) is 18.7. The number of hydrogen-bond donors (Lipinski definition) is 1. The van der Waals surface area contributed by atoms with E-state index in [2.05, 4.69) is 10.1 Å². The molecule has 0 aliphatic heterocycles. The number of para-hydroxylation sites is 1. The Morgan fingerprint density at radius 3 is 2.48 bits per heavy atom. The normalized spacial score (nSPS) is 11.5. The lowest BCUT2D eigenvalue weighted by Gasteiger charge is -2.18. The van der Waals surface area contributed by atoms with Crippen molar-refractivity contribution in [1.82, 2.24) is 5.32 Å². The van der Waals surface area contributed by atoms with E-state index in [9.17, 15) is 14.0 Å². The predicted molar refractivity (Wildman–Crippen MR) is 90.9 cm³/mol. The molecule has 1 N–H and O–H groups in total. The molecule has 1 atom stereocenters. The van der Waals surface area contributed by atoms with Crippen molar-refractivity contribution in [3.8, 4) is 5.75 Å². The highest BCUT2D eigenvalue weighted by Gasteiger charge is 2.19. The van der Waals surface area contributed by atoms with Gasteiger partial charge >= 0.3 is 5.97 Å². The van der Waals surface area contributed by atoms with Gasteiger partial charge in [0.15, 0.2) is 18.2 Å². The van der Waals surface area contributed by atoms with Gasteiger partial charge in [-0.25, -0.2) is 4.39 Å². The van der Waals surface area contributed by atoms with Crippen molar-refractivity contribution in [3.05, 3.63) is 64.9 Å². The number of nitrogens with one attached hydrogen (secondary N) is 1. The molecule has 132 valence electrons. The molecule has 7 heteroatoms. The summed E-state index contributed by atoms with van der Waals surface area (Å²) < 4.78 is 23.3. The van der Waals surface area contributed by atoms with Crippen LogP contribution in [0.25, 0.3) is 0 Å². The van der Waals surface area contributed by atoms with E-state index in [1.165, 1.54) is 25.3 Å². The molecule has 0 fully saturated rings. The van der Waals surface area contributed by atoms with Crippen molar-refractivity contribution in [2.75, 3.05) is 13.7 Å². The minimum atomic E-state index is -0.610. The predicted octanol–water partition coefficient (Wildman–Crippen LogP) is 3.28. The van der Waals surface area contributed by atoms with Crippen LogP contribution in [-0.4, -0.2) is 25.6 Å². The van der Waals surface area contributed by atoms with Crippen LogP contribution >= 0.6 is 11.6 Å². The molecule has 2 rings (SSSR count). The summed E-state index contributed by atoms with van der Waals surface area (Å²) in [6.07, 6.45) is -0.0520. The Morgan fingerprint density at radius 1 is 1.16 bits per heavy atom. The first-order chi connectivity index (χ1) is 12.0. The first-order valence-electron chi connectivity index (χ1n) is 7.48.